The summed E-state index contributed by atoms with van der Waals surface area (Å²) in [4.78, 5) is 10.6. The van der Waals surface area contributed by atoms with Crippen molar-refractivity contribution in [2.24, 2.45) is 27.7 Å². The molecule has 0 saturated carbocycles. The summed E-state index contributed by atoms with van der Waals surface area (Å²) in [7, 11) is 0. The molecule has 8 rings (SSSR count). The van der Waals surface area contributed by atoms with Crippen molar-refractivity contribution >= 4 is 11.5 Å². The van der Waals surface area contributed by atoms with Crippen molar-refractivity contribution in [2.45, 2.75) is 57.1 Å². The fourth-order valence-electron chi connectivity index (χ4n) is 7.80. The highest BCUT2D eigenvalue weighted by Gasteiger charge is 2.40. The maximum absolute atomic E-state index is 6.50. The fourth-order valence-corrected chi connectivity index (χ4v) is 7.80. The van der Waals surface area contributed by atoms with Crippen LogP contribution in [0.25, 0.3) is 0 Å². The molecule has 0 aromatic heterocycles. The third kappa shape index (κ3) is 4.17. The van der Waals surface area contributed by atoms with E-state index >= 15 is 0 Å². The summed E-state index contributed by atoms with van der Waals surface area (Å²) >= 11 is 0. The second-order valence-electron chi connectivity index (χ2n) is 12.8. The minimum absolute atomic E-state index is 0.0307. The van der Waals surface area contributed by atoms with Crippen molar-refractivity contribution in [3.05, 3.63) is 137 Å². The van der Waals surface area contributed by atoms with Gasteiger partial charge in [-0.3, -0.25) is 4.99 Å². The van der Waals surface area contributed by atoms with Crippen molar-refractivity contribution in [1.82, 2.24) is 0 Å². The van der Waals surface area contributed by atoms with Crippen molar-refractivity contribution in [3.8, 4) is 5.75 Å². The maximum Gasteiger partial charge on any atom is 0.155 e. The Labute approximate surface area is 243 Å². The molecule has 5 atom stereocenters. The largest absolute Gasteiger partial charge is 0.485 e. The van der Waals surface area contributed by atoms with Crippen molar-refractivity contribution < 1.29 is 4.74 Å². The summed E-state index contributed by atoms with van der Waals surface area (Å²) in [6.45, 7) is 4.66. The minimum Gasteiger partial charge on any atom is -0.485 e. The van der Waals surface area contributed by atoms with Gasteiger partial charge in [-0.25, -0.2) is 4.99 Å². The molecule has 0 N–H and O–H groups in total. The smallest absolute Gasteiger partial charge is 0.155 e. The number of benzene rings is 2. The number of rotatable bonds is 3. The Kier molecular flexibility index (Phi) is 5.77. The average molecular weight is 537 g/mol. The van der Waals surface area contributed by atoms with Gasteiger partial charge in [0.05, 0.1) is 11.8 Å². The standard InChI is InChI=1S/C38H36N2O/c1-38(2)30-16-6-7-17-34(30)41-35-19-18-26(22-31(35)38)33-23-32(24-10-4-3-5-11-24)39-37(40-33)29-20-27-14-8-12-25-13-9-15-28(21-29)36(25)27/h3-11,14-16,18-22,25,27,32,34,36H,12-13,17,23H2,1-2H3. The van der Waals surface area contributed by atoms with Crippen LogP contribution in [0, 0.1) is 17.8 Å². The Balaban J connectivity index is 1.22. The SMILES string of the molecule is CC1(C)C2=CC=CCC2Oc2ccc(C3=NC(C4=CC5C=CCC6CC=CC(=C4)C56)=NC(c4ccccc4)C3)cc21. The third-order valence-electron chi connectivity index (χ3n) is 9.98. The Morgan fingerprint density at radius 1 is 0.951 bits per heavy atom. The van der Waals surface area contributed by atoms with Crippen LogP contribution in [0.5, 0.6) is 5.75 Å². The topological polar surface area (TPSA) is 34.0 Å². The molecular weight excluding hydrogens is 500 g/mol. The van der Waals surface area contributed by atoms with E-state index in [0.717, 1.165) is 41.3 Å². The van der Waals surface area contributed by atoms with Gasteiger partial charge in [-0.05, 0) is 71.2 Å². The first kappa shape index (κ1) is 24.8. The van der Waals surface area contributed by atoms with Crippen molar-refractivity contribution in [1.29, 1.82) is 0 Å². The number of hydrogen-bond acceptors (Lipinski definition) is 3. The highest BCUT2D eigenvalue weighted by molar-refractivity contribution is 6.15. The zero-order chi connectivity index (χ0) is 27.6. The molecular formula is C38H36N2O. The molecule has 0 saturated heterocycles. The Morgan fingerprint density at radius 2 is 1.83 bits per heavy atom. The first-order valence-corrected chi connectivity index (χ1v) is 15.2. The van der Waals surface area contributed by atoms with Gasteiger partial charge in [-0.15, -0.1) is 0 Å². The molecule has 3 heteroatoms. The van der Waals surface area contributed by atoms with E-state index in [0.29, 0.717) is 17.8 Å². The summed E-state index contributed by atoms with van der Waals surface area (Å²) < 4.78 is 6.50. The third-order valence-corrected chi connectivity index (χ3v) is 9.98. The highest BCUT2D eigenvalue weighted by Crippen LogP contribution is 2.48. The van der Waals surface area contributed by atoms with Crippen LogP contribution < -0.4 is 4.74 Å². The van der Waals surface area contributed by atoms with E-state index in [9.17, 15) is 0 Å². The van der Waals surface area contributed by atoms with Crippen LogP contribution in [-0.2, 0) is 5.41 Å². The number of fused-ring (bicyclic) bond motifs is 2. The van der Waals surface area contributed by atoms with Gasteiger partial charge in [0.1, 0.15) is 11.9 Å². The van der Waals surface area contributed by atoms with E-state index in [1.807, 2.05) is 0 Å². The second-order valence-corrected chi connectivity index (χ2v) is 12.8. The van der Waals surface area contributed by atoms with Crippen LogP contribution in [0.2, 0.25) is 0 Å². The van der Waals surface area contributed by atoms with Gasteiger partial charge in [0.2, 0.25) is 0 Å². The molecule has 204 valence electrons. The van der Waals surface area contributed by atoms with Crippen molar-refractivity contribution in [3.63, 3.8) is 0 Å². The van der Waals surface area contributed by atoms with E-state index in [-0.39, 0.29) is 17.6 Å². The van der Waals surface area contributed by atoms with Crippen LogP contribution >= 0.6 is 0 Å². The van der Waals surface area contributed by atoms with Crippen LogP contribution in [-0.4, -0.2) is 17.7 Å². The highest BCUT2D eigenvalue weighted by atomic mass is 16.5. The summed E-state index contributed by atoms with van der Waals surface area (Å²) in [5, 5.41) is 0. The first-order chi connectivity index (χ1) is 20.0. The molecule has 3 nitrogen and oxygen atoms in total. The molecule has 4 aliphatic carbocycles. The normalized spacial score (nSPS) is 30.4. The molecule has 2 aliphatic heterocycles. The zero-order valence-electron chi connectivity index (χ0n) is 23.8. The number of hydrogen-bond donors (Lipinski definition) is 0. The Morgan fingerprint density at radius 3 is 2.73 bits per heavy atom. The average Bonchev–Trinajstić information content (AvgIpc) is 3.01. The summed E-state index contributed by atoms with van der Waals surface area (Å²) in [6, 6.07) is 17.4. The van der Waals surface area contributed by atoms with E-state index < -0.39 is 0 Å². The molecule has 6 aliphatic rings. The molecule has 2 heterocycles. The van der Waals surface area contributed by atoms with Gasteiger partial charge >= 0.3 is 0 Å². The number of aliphatic imine (C=N–C) groups is 2. The van der Waals surface area contributed by atoms with E-state index in [2.05, 4.69) is 117 Å². The fraction of sp³-hybridized carbons (Fsp3) is 0.316. The first-order valence-electron chi connectivity index (χ1n) is 15.2. The maximum atomic E-state index is 6.50. The lowest BCUT2D eigenvalue weighted by atomic mass is 9.65. The van der Waals surface area contributed by atoms with Crippen LogP contribution in [0.15, 0.2) is 130 Å². The zero-order valence-corrected chi connectivity index (χ0v) is 23.8. The summed E-state index contributed by atoms with van der Waals surface area (Å²) in [5.74, 6) is 3.56. The van der Waals surface area contributed by atoms with E-state index in [1.54, 1.807) is 0 Å². The number of amidine groups is 1. The van der Waals surface area contributed by atoms with Gasteiger partial charge in [0.25, 0.3) is 0 Å². The molecule has 0 fully saturated rings. The van der Waals surface area contributed by atoms with Crippen LogP contribution in [0.3, 0.4) is 0 Å². The van der Waals surface area contributed by atoms with Crippen LogP contribution in [0.4, 0.5) is 0 Å². The molecule has 0 amide bonds. The van der Waals surface area contributed by atoms with Gasteiger partial charge < -0.3 is 4.74 Å². The minimum atomic E-state index is -0.105. The molecule has 2 aromatic carbocycles. The number of allylic oxidation sites excluding steroid dienone is 8. The van der Waals surface area contributed by atoms with Gasteiger partial charge in [0.15, 0.2) is 5.84 Å². The predicted octanol–water partition coefficient (Wildman–Crippen LogP) is 8.58. The van der Waals surface area contributed by atoms with Gasteiger partial charge in [-0.2, -0.15) is 0 Å². The lowest BCUT2D eigenvalue weighted by Gasteiger charge is -2.41. The molecule has 2 aromatic rings. The van der Waals surface area contributed by atoms with Gasteiger partial charge in [-0.1, -0.05) is 92.8 Å². The predicted molar refractivity (Wildman–Crippen MR) is 168 cm³/mol. The lowest BCUT2D eigenvalue weighted by molar-refractivity contribution is 0.196. The van der Waals surface area contributed by atoms with Gasteiger partial charge in [0, 0.05) is 35.3 Å². The molecule has 0 spiro atoms. The van der Waals surface area contributed by atoms with Crippen LogP contribution in [0.1, 0.15) is 62.3 Å². The van der Waals surface area contributed by atoms with E-state index in [4.69, 9.17) is 14.7 Å². The Bertz CT molecular complexity index is 1660. The molecule has 0 radical (unpaired) electrons. The summed E-state index contributed by atoms with van der Waals surface area (Å²) in [5.41, 5.74) is 8.57. The second kappa shape index (κ2) is 9.55. The van der Waals surface area contributed by atoms with E-state index in [1.165, 1.54) is 35.1 Å². The molecule has 5 unspecified atom stereocenters. The quantitative estimate of drug-likeness (QED) is 0.362. The molecule has 41 heavy (non-hydrogen) atoms. The number of ether oxygens (including phenoxy) is 1. The monoisotopic (exact) mass is 536 g/mol. The summed E-state index contributed by atoms with van der Waals surface area (Å²) in [6.07, 6.45) is 25.1. The lowest BCUT2D eigenvalue weighted by Crippen LogP contribution is -2.38. The van der Waals surface area contributed by atoms with Crippen molar-refractivity contribution in [2.75, 3.05) is 0 Å². The Hall–Kier alpha value is -3.98. The number of nitrogens with zero attached hydrogens (tertiary/aromatic N) is 2. The molecule has 0 bridgehead atoms.